The SMILES string of the molecule is CCOC(=O)CC(NC(=O)c1cc(C(=O)OCC)cc([N+](=O)[O-])c1)c1ccccc1. The average Bonchev–Trinajstić information content (AvgIpc) is 2.73. The number of nitro benzene ring substituents is 1. The van der Waals surface area contributed by atoms with Crippen molar-refractivity contribution < 1.29 is 28.8 Å². The molecule has 1 amide bonds. The number of nitrogens with zero attached hydrogens (tertiary/aromatic N) is 1. The molecular formula is C21H22N2O7. The molecular weight excluding hydrogens is 392 g/mol. The fourth-order valence-electron chi connectivity index (χ4n) is 2.75. The van der Waals surface area contributed by atoms with Crippen LogP contribution in [-0.4, -0.2) is 36.0 Å². The topological polar surface area (TPSA) is 125 Å². The molecule has 0 aromatic heterocycles. The molecule has 30 heavy (non-hydrogen) atoms. The Hall–Kier alpha value is -3.75. The van der Waals surface area contributed by atoms with Crippen LogP contribution in [0.3, 0.4) is 0 Å². The number of ether oxygens (including phenoxy) is 2. The number of carbonyl (C=O) groups excluding carboxylic acids is 3. The highest BCUT2D eigenvalue weighted by Crippen LogP contribution is 2.21. The molecule has 158 valence electrons. The molecule has 0 spiro atoms. The van der Waals surface area contributed by atoms with E-state index in [1.807, 2.05) is 0 Å². The molecule has 0 saturated carbocycles. The lowest BCUT2D eigenvalue weighted by atomic mass is 10.0. The van der Waals surface area contributed by atoms with Gasteiger partial charge in [-0.15, -0.1) is 0 Å². The van der Waals surface area contributed by atoms with Crippen LogP contribution in [0, 0.1) is 10.1 Å². The fourth-order valence-corrected chi connectivity index (χ4v) is 2.75. The Balaban J connectivity index is 2.34. The van der Waals surface area contributed by atoms with Crippen LogP contribution < -0.4 is 5.32 Å². The highest BCUT2D eigenvalue weighted by atomic mass is 16.6. The Kier molecular flexibility index (Phi) is 8.04. The van der Waals surface area contributed by atoms with E-state index < -0.39 is 34.5 Å². The van der Waals surface area contributed by atoms with Crippen molar-refractivity contribution in [2.45, 2.75) is 26.3 Å². The van der Waals surface area contributed by atoms with Gasteiger partial charge in [0.05, 0.1) is 36.2 Å². The minimum atomic E-state index is -0.776. The number of esters is 2. The van der Waals surface area contributed by atoms with Crippen molar-refractivity contribution >= 4 is 23.5 Å². The first-order valence-electron chi connectivity index (χ1n) is 9.33. The van der Waals surface area contributed by atoms with E-state index in [9.17, 15) is 24.5 Å². The van der Waals surface area contributed by atoms with Crippen LogP contribution in [0.5, 0.6) is 0 Å². The molecule has 0 fully saturated rings. The first kappa shape index (κ1) is 22.5. The maximum Gasteiger partial charge on any atom is 0.338 e. The zero-order valence-corrected chi connectivity index (χ0v) is 16.6. The summed E-state index contributed by atoms with van der Waals surface area (Å²) in [5.41, 5.74) is 0.0252. The molecule has 0 heterocycles. The van der Waals surface area contributed by atoms with Crippen LogP contribution >= 0.6 is 0 Å². The van der Waals surface area contributed by atoms with E-state index >= 15 is 0 Å². The van der Waals surface area contributed by atoms with Gasteiger partial charge < -0.3 is 14.8 Å². The van der Waals surface area contributed by atoms with Crippen molar-refractivity contribution in [2.75, 3.05) is 13.2 Å². The number of amides is 1. The number of non-ortho nitro benzene ring substituents is 1. The first-order valence-corrected chi connectivity index (χ1v) is 9.33. The van der Waals surface area contributed by atoms with Crippen LogP contribution in [-0.2, 0) is 14.3 Å². The number of rotatable bonds is 9. The number of carbonyl (C=O) groups is 3. The summed E-state index contributed by atoms with van der Waals surface area (Å²) in [6, 6.07) is 11.4. The quantitative estimate of drug-likeness (QED) is 0.379. The normalized spacial score (nSPS) is 11.3. The smallest absolute Gasteiger partial charge is 0.338 e. The molecule has 0 aliphatic carbocycles. The molecule has 9 nitrogen and oxygen atoms in total. The van der Waals surface area contributed by atoms with Crippen LogP contribution in [0.1, 0.15) is 52.6 Å². The van der Waals surface area contributed by atoms with E-state index in [2.05, 4.69) is 5.32 Å². The van der Waals surface area contributed by atoms with E-state index in [1.54, 1.807) is 44.2 Å². The lowest BCUT2D eigenvalue weighted by Gasteiger charge is -2.19. The van der Waals surface area contributed by atoms with Crippen LogP contribution in [0.4, 0.5) is 5.69 Å². The third kappa shape index (κ3) is 6.13. The Morgan fingerprint density at radius 3 is 2.23 bits per heavy atom. The van der Waals surface area contributed by atoms with Gasteiger partial charge in [-0.05, 0) is 25.5 Å². The maximum atomic E-state index is 12.8. The maximum absolute atomic E-state index is 12.8. The van der Waals surface area contributed by atoms with Gasteiger partial charge in [0, 0.05) is 17.7 Å². The summed E-state index contributed by atoms with van der Waals surface area (Å²) in [6.07, 6.45) is -0.122. The third-order valence-electron chi connectivity index (χ3n) is 4.09. The number of nitrogens with one attached hydrogen (secondary N) is 1. The van der Waals surface area contributed by atoms with Crippen LogP contribution in [0.25, 0.3) is 0 Å². The van der Waals surface area contributed by atoms with E-state index in [-0.39, 0.29) is 30.8 Å². The Bertz CT molecular complexity index is 928. The number of hydrogen-bond acceptors (Lipinski definition) is 7. The molecule has 2 aromatic rings. The van der Waals surface area contributed by atoms with Crippen molar-refractivity contribution in [1.82, 2.24) is 5.32 Å². The number of hydrogen-bond donors (Lipinski definition) is 1. The van der Waals surface area contributed by atoms with E-state index in [0.29, 0.717) is 5.56 Å². The monoisotopic (exact) mass is 414 g/mol. The van der Waals surface area contributed by atoms with Gasteiger partial charge in [-0.2, -0.15) is 0 Å². The summed E-state index contributed by atoms with van der Waals surface area (Å²) in [7, 11) is 0. The van der Waals surface area contributed by atoms with E-state index in [0.717, 1.165) is 12.1 Å². The molecule has 2 rings (SSSR count). The van der Waals surface area contributed by atoms with Gasteiger partial charge >= 0.3 is 11.9 Å². The zero-order chi connectivity index (χ0) is 22.1. The Morgan fingerprint density at radius 2 is 1.63 bits per heavy atom. The molecule has 1 N–H and O–H groups in total. The molecule has 9 heteroatoms. The minimum Gasteiger partial charge on any atom is -0.466 e. The predicted molar refractivity (Wildman–Crippen MR) is 107 cm³/mol. The fraction of sp³-hybridized carbons (Fsp3) is 0.286. The second kappa shape index (κ2) is 10.7. The van der Waals surface area contributed by atoms with Crippen LogP contribution in [0.2, 0.25) is 0 Å². The van der Waals surface area contributed by atoms with Gasteiger partial charge in [-0.3, -0.25) is 19.7 Å². The molecule has 1 atom stereocenters. The second-order valence-electron chi connectivity index (χ2n) is 6.19. The summed E-state index contributed by atoms with van der Waals surface area (Å²) >= 11 is 0. The molecule has 1 unspecified atom stereocenters. The molecule has 0 aliphatic rings. The van der Waals surface area contributed by atoms with E-state index in [4.69, 9.17) is 9.47 Å². The minimum absolute atomic E-state index is 0.0820. The highest BCUT2D eigenvalue weighted by molar-refractivity contribution is 5.99. The lowest BCUT2D eigenvalue weighted by Crippen LogP contribution is -2.31. The number of nitro groups is 1. The van der Waals surface area contributed by atoms with Gasteiger partial charge in [-0.1, -0.05) is 30.3 Å². The molecule has 2 aromatic carbocycles. The largest absolute Gasteiger partial charge is 0.466 e. The number of benzene rings is 2. The lowest BCUT2D eigenvalue weighted by molar-refractivity contribution is -0.384. The Morgan fingerprint density at radius 1 is 1.00 bits per heavy atom. The van der Waals surface area contributed by atoms with Gasteiger partial charge in [-0.25, -0.2) is 4.79 Å². The van der Waals surface area contributed by atoms with Crippen LogP contribution in [0.15, 0.2) is 48.5 Å². The van der Waals surface area contributed by atoms with Crippen molar-refractivity contribution in [3.63, 3.8) is 0 Å². The Labute approximate surface area is 173 Å². The summed E-state index contributed by atoms with van der Waals surface area (Å²) in [5.74, 6) is -1.96. The zero-order valence-electron chi connectivity index (χ0n) is 16.6. The second-order valence-corrected chi connectivity index (χ2v) is 6.19. The van der Waals surface area contributed by atoms with Crippen molar-refractivity contribution in [2.24, 2.45) is 0 Å². The van der Waals surface area contributed by atoms with Gasteiger partial charge in [0.15, 0.2) is 0 Å². The van der Waals surface area contributed by atoms with E-state index in [1.165, 1.54) is 6.07 Å². The molecule has 0 saturated heterocycles. The third-order valence-corrected chi connectivity index (χ3v) is 4.09. The summed E-state index contributed by atoms with van der Waals surface area (Å²) in [4.78, 5) is 47.4. The van der Waals surface area contributed by atoms with Crippen molar-refractivity contribution in [3.05, 3.63) is 75.3 Å². The highest BCUT2D eigenvalue weighted by Gasteiger charge is 2.23. The molecule has 0 aliphatic heterocycles. The van der Waals surface area contributed by atoms with Gasteiger partial charge in [0.1, 0.15) is 0 Å². The molecule has 0 radical (unpaired) electrons. The standard InChI is InChI=1S/C21H22N2O7/c1-3-29-19(24)13-18(14-8-6-5-7-9-14)22-20(25)15-10-16(21(26)30-4-2)12-17(11-15)23(27)28/h5-12,18H,3-4,13H2,1-2H3,(H,22,25). The first-order chi connectivity index (χ1) is 14.3. The van der Waals surface area contributed by atoms with Gasteiger partial charge in [0.2, 0.25) is 0 Å². The summed E-state index contributed by atoms with van der Waals surface area (Å²) < 4.78 is 9.84. The van der Waals surface area contributed by atoms with Gasteiger partial charge in [0.25, 0.3) is 11.6 Å². The van der Waals surface area contributed by atoms with Crippen molar-refractivity contribution in [3.8, 4) is 0 Å². The predicted octanol–water partition coefficient (Wildman–Crippen LogP) is 3.20. The van der Waals surface area contributed by atoms with Crippen molar-refractivity contribution in [1.29, 1.82) is 0 Å². The average molecular weight is 414 g/mol. The summed E-state index contributed by atoms with van der Waals surface area (Å²) in [5, 5.41) is 13.9. The summed E-state index contributed by atoms with van der Waals surface area (Å²) in [6.45, 7) is 3.55. The molecule has 0 bridgehead atoms.